The fourth-order valence-electron chi connectivity index (χ4n) is 3.96. The first-order valence-corrected chi connectivity index (χ1v) is 11.7. The van der Waals surface area contributed by atoms with Crippen LogP contribution in [0.25, 0.3) is 20.7 Å². The molecule has 0 saturated carbocycles. The van der Waals surface area contributed by atoms with Crippen molar-refractivity contribution in [3.8, 4) is 16.2 Å². The van der Waals surface area contributed by atoms with E-state index in [1.54, 1.807) is 24.1 Å². The Hall–Kier alpha value is -3.98. The van der Waals surface area contributed by atoms with E-state index < -0.39 is 0 Å². The first kappa shape index (κ1) is 21.8. The first-order valence-electron chi connectivity index (χ1n) is 10.9. The van der Waals surface area contributed by atoms with E-state index in [0.29, 0.717) is 28.9 Å². The summed E-state index contributed by atoms with van der Waals surface area (Å²) in [5.41, 5.74) is 2.72. The normalized spacial score (nSPS) is 13.4. The highest BCUT2D eigenvalue weighted by molar-refractivity contribution is 7.22. The summed E-state index contributed by atoms with van der Waals surface area (Å²) in [5, 5.41) is 2.80. The fraction of sp³-hybridized carbons (Fsp3) is 0.200. The van der Waals surface area contributed by atoms with Crippen LogP contribution in [0.3, 0.4) is 0 Å². The van der Waals surface area contributed by atoms with Crippen LogP contribution in [0.5, 0.6) is 5.75 Å². The van der Waals surface area contributed by atoms with E-state index in [2.05, 4.69) is 10.3 Å². The lowest BCUT2D eigenvalue weighted by Crippen LogP contribution is -2.27. The van der Waals surface area contributed by atoms with E-state index in [-0.39, 0.29) is 23.9 Å². The summed E-state index contributed by atoms with van der Waals surface area (Å²) in [6, 6.07) is 16.6. The van der Waals surface area contributed by atoms with Crippen LogP contribution in [0.2, 0.25) is 0 Å². The number of amides is 2. The van der Waals surface area contributed by atoms with Gasteiger partial charge in [-0.25, -0.2) is 4.98 Å². The quantitative estimate of drug-likeness (QED) is 0.458. The minimum Gasteiger partial charge on any atom is -0.497 e. The third-order valence-electron chi connectivity index (χ3n) is 5.73. The van der Waals surface area contributed by atoms with Crippen LogP contribution in [0.4, 0.5) is 11.4 Å². The van der Waals surface area contributed by atoms with E-state index in [0.717, 1.165) is 28.3 Å². The van der Waals surface area contributed by atoms with E-state index in [9.17, 15) is 14.4 Å². The van der Waals surface area contributed by atoms with Gasteiger partial charge in [0, 0.05) is 29.2 Å². The summed E-state index contributed by atoms with van der Waals surface area (Å²) in [5.74, 6) is 0.540. The molecule has 1 aliphatic rings. The van der Waals surface area contributed by atoms with Crippen molar-refractivity contribution in [2.45, 2.75) is 19.4 Å². The Morgan fingerprint density at radius 2 is 1.88 bits per heavy atom. The number of hydrogen-bond donors (Lipinski definition) is 1. The minimum atomic E-state index is -0.333. The zero-order valence-electron chi connectivity index (χ0n) is 18.5. The van der Waals surface area contributed by atoms with Crippen molar-refractivity contribution >= 4 is 44.7 Å². The van der Waals surface area contributed by atoms with Crippen LogP contribution in [0.15, 0.2) is 65.7 Å². The lowest BCUT2D eigenvalue weighted by atomic mass is 10.2. The lowest BCUT2D eigenvalue weighted by molar-refractivity contribution is -0.117. The average molecular weight is 475 g/mol. The average Bonchev–Trinajstić information content (AvgIpc) is 3.48. The number of thiophene rings is 1. The summed E-state index contributed by atoms with van der Waals surface area (Å²) in [4.78, 5) is 44.5. The van der Waals surface area contributed by atoms with Gasteiger partial charge in [-0.1, -0.05) is 0 Å². The Morgan fingerprint density at radius 1 is 1.12 bits per heavy atom. The molecule has 4 aromatic rings. The van der Waals surface area contributed by atoms with Crippen LogP contribution < -0.4 is 20.5 Å². The number of nitrogens with zero attached hydrogens (tertiary/aromatic N) is 3. The van der Waals surface area contributed by atoms with E-state index in [1.807, 2.05) is 42.5 Å². The summed E-state index contributed by atoms with van der Waals surface area (Å²) in [7, 11) is 1.61. The summed E-state index contributed by atoms with van der Waals surface area (Å²) >= 11 is 1.35. The molecule has 0 bridgehead atoms. The van der Waals surface area contributed by atoms with Gasteiger partial charge in [-0.15, -0.1) is 11.3 Å². The predicted molar refractivity (Wildman–Crippen MR) is 133 cm³/mol. The van der Waals surface area contributed by atoms with Gasteiger partial charge in [0.1, 0.15) is 17.0 Å². The van der Waals surface area contributed by atoms with Crippen LogP contribution in [-0.4, -0.2) is 35.0 Å². The van der Waals surface area contributed by atoms with Crippen LogP contribution in [0.1, 0.15) is 12.8 Å². The Labute approximate surface area is 199 Å². The number of benzene rings is 2. The molecule has 2 aromatic carbocycles. The van der Waals surface area contributed by atoms with E-state index >= 15 is 0 Å². The smallest absolute Gasteiger partial charge is 0.271 e. The molecule has 2 amide bonds. The largest absolute Gasteiger partial charge is 0.497 e. The molecule has 0 radical (unpaired) electrons. The monoisotopic (exact) mass is 474 g/mol. The maximum absolute atomic E-state index is 13.0. The van der Waals surface area contributed by atoms with Crippen molar-refractivity contribution in [3.05, 3.63) is 71.3 Å². The standard InChI is InChI=1S/C25H22N4O4S/c1-33-19-10-4-16(5-11-19)21-13-20-24(34-21)25(32)28(15-26-20)14-22(30)27-17-6-8-18(9-7-17)29-12-2-3-23(29)31/h4-11,13,15H,2-3,12,14H2,1H3,(H,27,30). The van der Waals surface area contributed by atoms with Crippen LogP contribution in [0, 0.1) is 0 Å². The second kappa shape index (κ2) is 9.11. The SMILES string of the molecule is COc1ccc(-c2cc3ncn(CC(=O)Nc4ccc(N5CCCC5=O)cc4)c(=O)c3s2)cc1. The summed E-state index contributed by atoms with van der Waals surface area (Å²) < 4.78 is 7.01. The second-order valence-electron chi connectivity index (χ2n) is 7.98. The van der Waals surface area contributed by atoms with Gasteiger partial charge < -0.3 is 15.0 Å². The number of aromatic nitrogens is 2. The molecular weight excluding hydrogens is 452 g/mol. The lowest BCUT2D eigenvalue weighted by Gasteiger charge is -2.16. The predicted octanol–water partition coefficient (Wildman–Crippen LogP) is 3.90. The molecular formula is C25H22N4O4S. The van der Waals surface area contributed by atoms with Gasteiger partial charge in [0.2, 0.25) is 11.8 Å². The first-order chi connectivity index (χ1) is 16.5. The Morgan fingerprint density at radius 3 is 2.56 bits per heavy atom. The third kappa shape index (κ3) is 4.29. The molecule has 0 unspecified atom stereocenters. The van der Waals surface area contributed by atoms with Gasteiger partial charge >= 0.3 is 0 Å². The zero-order chi connectivity index (χ0) is 23.7. The Bertz CT molecular complexity index is 1420. The molecule has 2 aromatic heterocycles. The maximum atomic E-state index is 13.0. The summed E-state index contributed by atoms with van der Waals surface area (Å²) in [6.07, 6.45) is 2.82. The highest BCUT2D eigenvalue weighted by atomic mass is 32.1. The molecule has 8 nitrogen and oxygen atoms in total. The third-order valence-corrected chi connectivity index (χ3v) is 6.89. The summed E-state index contributed by atoms with van der Waals surface area (Å²) in [6.45, 7) is 0.565. The Kier molecular flexibility index (Phi) is 5.85. The molecule has 0 atom stereocenters. The van der Waals surface area contributed by atoms with Crippen molar-refractivity contribution < 1.29 is 14.3 Å². The molecule has 9 heteroatoms. The number of methoxy groups -OCH3 is 1. The van der Waals surface area contributed by atoms with Gasteiger partial charge in [0.25, 0.3) is 5.56 Å². The van der Waals surface area contributed by atoms with Crippen molar-refractivity contribution in [3.63, 3.8) is 0 Å². The van der Waals surface area contributed by atoms with Gasteiger partial charge in [0.05, 0.1) is 19.0 Å². The topological polar surface area (TPSA) is 93.5 Å². The molecule has 3 heterocycles. The molecule has 0 aliphatic carbocycles. The molecule has 5 rings (SSSR count). The van der Waals surface area contributed by atoms with E-state index in [4.69, 9.17) is 4.74 Å². The highest BCUT2D eigenvalue weighted by Crippen LogP contribution is 2.31. The van der Waals surface area contributed by atoms with Crippen molar-refractivity contribution in [1.29, 1.82) is 0 Å². The highest BCUT2D eigenvalue weighted by Gasteiger charge is 2.21. The zero-order valence-corrected chi connectivity index (χ0v) is 19.3. The number of fused-ring (bicyclic) bond motifs is 1. The second-order valence-corrected chi connectivity index (χ2v) is 9.03. The van der Waals surface area contributed by atoms with Gasteiger partial charge in [-0.2, -0.15) is 0 Å². The van der Waals surface area contributed by atoms with Crippen molar-refractivity contribution in [2.75, 3.05) is 23.9 Å². The molecule has 34 heavy (non-hydrogen) atoms. The van der Waals surface area contributed by atoms with Gasteiger partial charge in [-0.3, -0.25) is 19.0 Å². The molecule has 0 spiro atoms. The molecule has 172 valence electrons. The number of hydrogen-bond acceptors (Lipinski definition) is 6. The van der Waals surface area contributed by atoms with Gasteiger partial charge in [-0.05, 0) is 66.6 Å². The number of ether oxygens (including phenoxy) is 1. The van der Waals surface area contributed by atoms with E-state index in [1.165, 1.54) is 22.2 Å². The van der Waals surface area contributed by atoms with Crippen LogP contribution >= 0.6 is 11.3 Å². The Balaban J connectivity index is 1.30. The molecule has 1 fully saturated rings. The number of carbonyl (C=O) groups excluding carboxylic acids is 2. The van der Waals surface area contributed by atoms with Crippen LogP contribution in [-0.2, 0) is 16.1 Å². The van der Waals surface area contributed by atoms with Crippen molar-refractivity contribution in [1.82, 2.24) is 9.55 Å². The van der Waals surface area contributed by atoms with Gasteiger partial charge in [0.15, 0.2) is 0 Å². The number of nitrogens with one attached hydrogen (secondary N) is 1. The molecule has 1 saturated heterocycles. The molecule has 1 N–H and O–H groups in total. The fourth-order valence-corrected chi connectivity index (χ4v) is 5.02. The number of carbonyl (C=O) groups is 2. The maximum Gasteiger partial charge on any atom is 0.271 e. The molecule has 1 aliphatic heterocycles. The number of anilines is 2. The van der Waals surface area contributed by atoms with Crippen molar-refractivity contribution in [2.24, 2.45) is 0 Å². The minimum absolute atomic E-state index is 0.114. The number of rotatable bonds is 6.